The number of carbonyl (C=O) groups is 1. The maximum atomic E-state index is 12.4. The number of hydrogen-bond donors (Lipinski definition) is 0. The zero-order valence-electron chi connectivity index (χ0n) is 11.1. The predicted molar refractivity (Wildman–Crippen MR) is 69.9 cm³/mol. The van der Waals surface area contributed by atoms with Gasteiger partial charge in [-0.25, -0.2) is 4.98 Å². The van der Waals surface area contributed by atoms with Gasteiger partial charge in [0.1, 0.15) is 0 Å². The molecule has 19 heavy (non-hydrogen) atoms. The second-order valence-corrected chi connectivity index (χ2v) is 4.94. The van der Waals surface area contributed by atoms with Crippen molar-refractivity contribution in [1.29, 1.82) is 0 Å². The Morgan fingerprint density at radius 2 is 2.05 bits per heavy atom. The highest BCUT2D eigenvalue weighted by atomic mass is 16.5. The van der Waals surface area contributed by atoms with Crippen LogP contribution in [0.1, 0.15) is 16.1 Å². The molecule has 1 saturated heterocycles. The van der Waals surface area contributed by atoms with Crippen LogP contribution in [0, 0.1) is 6.92 Å². The highest BCUT2D eigenvalue weighted by molar-refractivity contribution is 5.97. The maximum Gasteiger partial charge on any atom is 0.257 e. The van der Waals surface area contributed by atoms with E-state index in [1.54, 1.807) is 6.20 Å². The van der Waals surface area contributed by atoms with Gasteiger partial charge in [-0.1, -0.05) is 5.16 Å². The number of amides is 1. The molecule has 1 aliphatic heterocycles. The van der Waals surface area contributed by atoms with E-state index in [1.165, 1.54) is 0 Å². The van der Waals surface area contributed by atoms with Crippen molar-refractivity contribution in [2.45, 2.75) is 6.92 Å². The SMILES string of the molecule is Cc1noc2ncc(C(=O)N3CCN(C)CC3)cc12. The van der Waals surface area contributed by atoms with Gasteiger partial charge >= 0.3 is 0 Å². The number of piperazine rings is 1. The van der Waals surface area contributed by atoms with Crippen LogP contribution in [0.5, 0.6) is 0 Å². The molecule has 0 N–H and O–H groups in total. The molecule has 6 heteroatoms. The van der Waals surface area contributed by atoms with Crippen molar-refractivity contribution in [2.24, 2.45) is 0 Å². The molecule has 1 aliphatic rings. The van der Waals surface area contributed by atoms with E-state index in [-0.39, 0.29) is 5.91 Å². The van der Waals surface area contributed by atoms with Gasteiger partial charge in [-0.15, -0.1) is 0 Å². The van der Waals surface area contributed by atoms with E-state index >= 15 is 0 Å². The molecule has 0 atom stereocenters. The van der Waals surface area contributed by atoms with Crippen molar-refractivity contribution < 1.29 is 9.32 Å². The summed E-state index contributed by atoms with van der Waals surface area (Å²) in [5, 5.41) is 4.66. The monoisotopic (exact) mass is 260 g/mol. The van der Waals surface area contributed by atoms with Crippen LogP contribution in [0.2, 0.25) is 0 Å². The van der Waals surface area contributed by atoms with E-state index in [0.29, 0.717) is 11.3 Å². The Labute approximate surface area is 111 Å². The van der Waals surface area contributed by atoms with Gasteiger partial charge in [0.05, 0.1) is 16.6 Å². The van der Waals surface area contributed by atoms with Crippen molar-refractivity contribution in [1.82, 2.24) is 19.9 Å². The number of nitrogens with zero attached hydrogens (tertiary/aromatic N) is 4. The Kier molecular flexibility index (Phi) is 2.94. The van der Waals surface area contributed by atoms with Crippen molar-refractivity contribution >= 4 is 17.0 Å². The summed E-state index contributed by atoms with van der Waals surface area (Å²) in [6, 6.07) is 1.81. The minimum Gasteiger partial charge on any atom is -0.336 e. The molecule has 0 bridgehead atoms. The van der Waals surface area contributed by atoms with Gasteiger partial charge < -0.3 is 14.3 Å². The van der Waals surface area contributed by atoms with E-state index < -0.39 is 0 Å². The fourth-order valence-corrected chi connectivity index (χ4v) is 2.25. The first-order chi connectivity index (χ1) is 9.15. The summed E-state index contributed by atoms with van der Waals surface area (Å²) < 4.78 is 5.05. The number of aromatic nitrogens is 2. The molecule has 2 aromatic heterocycles. The number of aryl methyl sites for hydroxylation is 1. The van der Waals surface area contributed by atoms with Crippen LogP contribution in [0.15, 0.2) is 16.8 Å². The fourth-order valence-electron chi connectivity index (χ4n) is 2.25. The Morgan fingerprint density at radius 1 is 1.32 bits per heavy atom. The van der Waals surface area contributed by atoms with Gasteiger partial charge in [0.2, 0.25) is 0 Å². The number of likely N-dealkylation sites (N-methyl/N-ethyl adjacent to an activating group) is 1. The molecule has 100 valence electrons. The van der Waals surface area contributed by atoms with E-state index in [9.17, 15) is 4.79 Å². The largest absolute Gasteiger partial charge is 0.336 e. The number of carbonyl (C=O) groups excluding carboxylic acids is 1. The fraction of sp³-hybridized carbons (Fsp3) is 0.462. The van der Waals surface area contributed by atoms with Gasteiger partial charge in [0, 0.05) is 32.4 Å². The molecule has 6 nitrogen and oxygen atoms in total. The third-order valence-corrected chi connectivity index (χ3v) is 3.55. The standard InChI is InChI=1S/C13H16N4O2/c1-9-11-7-10(8-14-12(11)19-15-9)13(18)17-5-3-16(2)4-6-17/h7-8H,3-6H2,1-2H3. The van der Waals surface area contributed by atoms with Crippen LogP contribution in [0.3, 0.4) is 0 Å². The van der Waals surface area contributed by atoms with Gasteiger partial charge in [-0.3, -0.25) is 4.79 Å². The molecule has 2 aromatic rings. The number of fused-ring (bicyclic) bond motifs is 1. The molecule has 3 rings (SSSR count). The van der Waals surface area contributed by atoms with Crippen LogP contribution in [0.4, 0.5) is 0 Å². The van der Waals surface area contributed by atoms with Crippen LogP contribution in [-0.2, 0) is 0 Å². The topological polar surface area (TPSA) is 62.5 Å². The molecular weight excluding hydrogens is 244 g/mol. The molecule has 0 aromatic carbocycles. The lowest BCUT2D eigenvalue weighted by molar-refractivity contribution is 0.0664. The molecular formula is C13H16N4O2. The zero-order chi connectivity index (χ0) is 13.4. The smallest absolute Gasteiger partial charge is 0.257 e. The highest BCUT2D eigenvalue weighted by Gasteiger charge is 2.21. The summed E-state index contributed by atoms with van der Waals surface area (Å²) >= 11 is 0. The molecule has 1 amide bonds. The molecule has 3 heterocycles. The number of rotatable bonds is 1. The summed E-state index contributed by atoms with van der Waals surface area (Å²) in [5.74, 6) is 0.0306. The minimum atomic E-state index is 0.0306. The second kappa shape index (κ2) is 4.62. The average molecular weight is 260 g/mol. The van der Waals surface area contributed by atoms with Gasteiger partial charge in [-0.05, 0) is 20.0 Å². The average Bonchev–Trinajstić information content (AvgIpc) is 2.80. The molecule has 0 radical (unpaired) electrons. The predicted octanol–water partition coefficient (Wildman–Crippen LogP) is 0.919. The normalized spacial score (nSPS) is 17.1. The first kappa shape index (κ1) is 12.1. The van der Waals surface area contributed by atoms with E-state index in [0.717, 1.165) is 37.3 Å². The molecule has 0 saturated carbocycles. The van der Waals surface area contributed by atoms with Crippen LogP contribution in [0.25, 0.3) is 11.1 Å². The van der Waals surface area contributed by atoms with Crippen molar-refractivity contribution in [3.63, 3.8) is 0 Å². The molecule has 0 spiro atoms. The van der Waals surface area contributed by atoms with Crippen molar-refractivity contribution in [3.8, 4) is 0 Å². The summed E-state index contributed by atoms with van der Waals surface area (Å²) in [6.45, 7) is 5.19. The molecule has 1 fully saturated rings. The first-order valence-electron chi connectivity index (χ1n) is 6.35. The molecule has 0 unspecified atom stereocenters. The second-order valence-electron chi connectivity index (χ2n) is 4.94. The third kappa shape index (κ3) is 2.19. The van der Waals surface area contributed by atoms with E-state index in [4.69, 9.17) is 4.52 Å². The Hall–Kier alpha value is -1.95. The Bertz CT molecular complexity index is 614. The van der Waals surface area contributed by atoms with Crippen LogP contribution in [-0.4, -0.2) is 59.1 Å². The summed E-state index contributed by atoms with van der Waals surface area (Å²) in [7, 11) is 2.07. The molecule has 0 aliphatic carbocycles. The zero-order valence-corrected chi connectivity index (χ0v) is 11.1. The number of hydrogen-bond acceptors (Lipinski definition) is 5. The van der Waals surface area contributed by atoms with E-state index in [2.05, 4.69) is 22.1 Å². The minimum absolute atomic E-state index is 0.0306. The lowest BCUT2D eigenvalue weighted by Gasteiger charge is -2.32. The highest BCUT2D eigenvalue weighted by Crippen LogP contribution is 2.18. The van der Waals surface area contributed by atoms with Gasteiger partial charge in [0.15, 0.2) is 0 Å². The lowest BCUT2D eigenvalue weighted by atomic mass is 10.2. The third-order valence-electron chi connectivity index (χ3n) is 3.55. The summed E-state index contributed by atoms with van der Waals surface area (Å²) in [5.41, 5.74) is 1.84. The van der Waals surface area contributed by atoms with Gasteiger partial charge in [-0.2, -0.15) is 0 Å². The quantitative estimate of drug-likeness (QED) is 0.763. The van der Waals surface area contributed by atoms with Crippen molar-refractivity contribution in [2.75, 3.05) is 33.2 Å². The summed E-state index contributed by atoms with van der Waals surface area (Å²) in [4.78, 5) is 20.6. The Balaban J connectivity index is 1.87. The number of pyridine rings is 1. The Morgan fingerprint density at radius 3 is 2.79 bits per heavy atom. The van der Waals surface area contributed by atoms with Gasteiger partial charge in [0.25, 0.3) is 11.6 Å². The maximum absolute atomic E-state index is 12.4. The van der Waals surface area contributed by atoms with E-state index in [1.807, 2.05) is 17.9 Å². The first-order valence-corrected chi connectivity index (χ1v) is 6.35. The van der Waals surface area contributed by atoms with Crippen molar-refractivity contribution in [3.05, 3.63) is 23.5 Å². The lowest BCUT2D eigenvalue weighted by Crippen LogP contribution is -2.47. The van der Waals surface area contributed by atoms with Crippen LogP contribution >= 0.6 is 0 Å². The summed E-state index contributed by atoms with van der Waals surface area (Å²) in [6.07, 6.45) is 1.56. The van der Waals surface area contributed by atoms with Crippen LogP contribution < -0.4 is 0 Å².